The van der Waals surface area contributed by atoms with Crippen LogP contribution >= 0.6 is 0 Å². The summed E-state index contributed by atoms with van der Waals surface area (Å²) in [5.74, 6) is 0.326. The van der Waals surface area contributed by atoms with Crippen LogP contribution < -0.4 is 10.0 Å². The molecule has 0 unspecified atom stereocenters. The van der Waals surface area contributed by atoms with Crippen LogP contribution in [0.2, 0.25) is 0 Å². The molecule has 1 aliphatic heterocycles. The third kappa shape index (κ3) is 3.64. The molecule has 2 heterocycles. The molecule has 120 valence electrons. The van der Waals surface area contributed by atoms with Gasteiger partial charge in [-0.1, -0.05) is 5.16 Å². The quantitative estimate of drug-likeness (QED) is 0.889. The molecule has 21 heavy (non-hydrogen) atoms. The van der Waals surface area contributed by atoms with Gasteiger partial charge in [0.05, 0.1) is 0 Å². The Morgan fingerprint density at radius 1 is 1.19 bits per heavy atom. The van der Waals surface area contributed by atoms with Gasteiger partial charge in [0.1, 0.15) is 10.6 Å². The molecule has 0 spiro atoms. The summed E-state index contributed by atoms with van der Waals surface area (Å²) in [5.41, 5.74) is 0.161. The average Bonchev–Trinajstić information content (AvgIpc) is 2.52. The van der Waals surface area contributed by atoms with Crippen LogP contribution in [0.25, 0.3) is 0 Å². The molecule has 7 heteroatoms. The highest BCUT2D eigenvalue weighted by atomic mass is 32.2. The number of hydrogen-bond donors (Lipinski definition) is 2. The summed E-state index contributed by atoms with van der Waals surface area (Å²) in [6.45, 7) is 11.6. The lowest BCUT2D eigenvalue weighted by Gasteiger charge is -2.46. The van der Waals surface area contributed by atoms with Gasteiger partial charge in [-0.15, -0.1) is 0 Å². The largest absolute Gasteiger partial charge is 0.360 e. The lowest BCUT2D eigenvalue weighted by molar-refractivity contribution is 0.157. The van der Waals surface area contributed by atoms with Gasteiger partial charge in [-0.25, -0.2) is 13.1 Å². The zero-order valence-electron chi connectivity index (χ0n) is 13.6. The minimum absolute atomic E-state index is 0.116. The first-order valence-electron chi connectivity index (χ1n) is 7.16. The second kappa shape index (κ2) is 5.07. The lowest BCUT2D eigenvalue weighted by Crippen LogP contribution is -2.62. The van der Waals surface area contributed by atoms with Crippen molar-refractivity contribution in [2.45, 2.75) is 76.4 Å². The summed E-state index contributed by atoms with van der Waals surface area (Å²) in [5, 5.41) is 7.27. The maximum absolute atomic E-state index is 12.6. The summed E-state index contributed by atoms with van der Waals surface area (Å²) in [6, 6.07) is -0.116. The third-order valence-electron chi connectivity index (χ3n) is 3.75. The first-order chi connectivity index (χ1) is 9.42. The Morgan fingerprint density at radius 3 is 2.14 bits per heavy atom. The Balaban J connectivity index is 2.25. The zero-order chi connectivity index (χ0) is 16.1. The highest BCUT2D eigenvalue weighted by Gasteiger charge is 2.40. The van der Waals surface area contributed by atoms with E-state index >= 15 is 0 Å². The van der Waals surface area contributed by atoms with Gasteiger partial charge in [0.2, 0.25) is 10.0 Å². The fourth-order valence-corrected chi connectivity index (χ4v) is 5.11. The van der Waals surface area contributed by atoms with E-state index in [0.717, 1.165) is 12.8 Å². The van der Waals surface area contributed by atoms with Gasteiger partial charge in [0.25, 0.3) is 0 Å². The summed E-state index contributed by atoms with van der Waals surface area (Å²) >= 11 is 0. The minimum Gasteiger partial charge on any atom is -0.360 e. The maximum atomic E-state index is 12.6. The Bertz CT molecular complexity index is 596. The van der Waals surface area contributed by atoms with E-state index in [1.54, 1.807) is 13.8 Å². The smallest absolute Gasteiger partial charge is 0.246 e. The average molecular weight is 315 g/mol. The van der Waals surface area contributed by atoms with E-state index in [9.17, 15) is 8.42 Å². The van der Waals surface area contributed by atoms with Crippen LogP contribution in [0.4, 0.5) is 0 Å². The van der Waals surface area contributed by atoms with E-state index in [2.05, 4.69) is 42.9 Å². The van der Waals surface area contributed by atoms with Crippen LogP contribution in [0.5, 0.6) is 0 Å². The van der Waals surface area contributed by atoms with Gasteiger partial charge in [0, 0.05) is 17.1 Å². The molecule has 0 aromatic carbocycles. The summed E-state index contributed by atoms with van der Waals surface area (Å²) in [6.07, 6.45) is 1.47. The molecule has 2 rings (SSSR count). The van der Waals surface area contributed by atoms with Crippen molar-refractivity contribution in [3.63, 3.8) is 0 Å². The monoisotopic (exact) mass is 315 g/mol. The van der Waals surface area contributed by atoms with Gasteiger partial charge in [-0.3, -0.25) is 0 Å². The Hall–Kier alpha value is -0.920. The van der Waals surface area contributed by atoms with Crippen LogP contribution in [0.15, 0.2) is 9.42 Å². The Labute approximate surface area is 126 Å². The molecule has 0 saturated carbocycles. The van der Waals surface area contributed by atoms with Crippen molar-refractivity contribution in [1.82, 2.24) is 15.2 Å². The molecule has 1 aromatic rings. The number of aromatic nitrogens is 1. The fourth-order valence-electron chi connectivity index (χ4n) is 3.54. The predicted octanol–water partition coefficient (Wildman–Crippen LogP) is 1.88. The van der Waals surface area contributed by atoms with E-state index < -0.39 is 10.0 Å². The molecule has 0 bridgehead atoms. The Kier molecular flexibility index (Phi) is 3.97. The van der Waals surface area contributed by atoms with Crippen LogP contribution in [0.1, 0.15) is 52.0 Å². The van der Waals surface area contributed by atoms with Crippen molar-refractivity contribution in [1.29, 1.82) is 0 Å². The van der Waals surface area contributed by atoms with Crippen molar-refractivity contribution in [3.05, 3.63) is 11.5 Å². The lowest BCUT2D eigenvalue weighted by atomic mass is 9.80. The third-order valence-corrected chi connectivity index (χ3v) is 5.51. The molecule has 6 nitrogen and oxygen atoms in total. The van der Waals surface area contributed by atoms with Gasteiger partial charge >= 0.3 is 0 Å². The fraction of sp³-hybridized carbons (Fsp3) is 0.786. The van der Waals surface area contributed by atoms with Crippen LogP contribution in [0.3, 0.4) is 0 Å². The van der Waals surface area contributed by atoms with Gasteiger partial charge in [-0.2, -0.15) is 0 Å². The van der Waals surface area contributed by atoms with Crippen molar-refractivity contribution in [3.8, 4) is 0 Å². The number of hydrogen-bond acceptors (Lipinski definition) is 5. The summed E-state index contributed by atoms with van der Waals surface area (Å²) in [4.78, 5) is 0.164. The van der Waals surface area contributed by atoms with E-state index in [-0.39, 0.29) is 22.0 Å². The number of nitrogens with zero attached hydrogens (tertiary/aromatic N) is 1. The SMILES string of the molecule is Cc1noc(C)c1S(=O)(=O)NC1CC(C)(C)NC(C)(C)C1. The van der Waals surface area contributed by atoms with Gasteiger partial charge in [0.15, 0.2) is 5.76 Å². The van der Waals surface area contributed by atoms with Gasteiger partial charge < -0.3 is 9.84 Å². The first kappa shape index (κ1) is 16.5. The second-order valence-corrected chi connectivity index (χ2v) is 8.92. The molecule has 1 aromatic heterocycles. The van der Waals surface area contributed by atoms with Crippen molar-refractivity contribution in [2.75, 3.05) is 0 Å². The number of aryl methyl sites for hydroxylation is 2. The molecule has 0 amide bonds. The zero-order valence-corrected chi connectivity index (χ0v) is 14.4. The van der Waals surface area contributed by atoms with Crippen molar-refractivity contribution >= 4 is 10.0 Å². The highest BCUT2D eigenvalue weighted by Crippen LogP contribution is 2.30. The van der Waals surface area contributed by atoms with Crippen LogP contribution in [-0.2, 0) is 10.0 Å². The topological polar surface area (TPSA) is 84.2 Å². The van der Waals surface area contributed by atoms with E-state index in [0.29, 0.717) is 11.5 Å². The predicted molar refractivity (Wildman–Crippen MR) is 80.6 cm³/mol. The summed E-state index contributed by atoms with van der Waals surface area (Å²) < 4.78 is 33.0. The minimum atomic E-state index is -3.61. The molecule has 0 atom stereocenters. The molecule has 0 aliphatic carbocycles. The number of rotatable bonds is 3. The molecule has 1 aliphatic rings. The van der Waals surface area contributed by atoms with Gasteiger partial charge in [-0.05, 0) is 54.4 Å². The van der Waals surface area contributed by atoms with Crippen LogP contribution in [-0.4, -0.2) is 30.7 Å². The Morgan fingerprint density at radius 2 is 1.71 bits per heavy atom. The van der Waals surface area contributed by atoms with E-state index in [4.69, 9.17) is 4.52 Å². The molecular formula is C14H25N3O3S. The van der Waals surface area contributed by atoms with Crippen molar-refractivity contribution < 1.29 is 12.9 Å². The first-order valence-corrected chi connectivity index (χ1v) is 8.65. The van der Waals surface area contributed by atoms with E-state index in [1.807, 2.05) is 0 Å². The molecular weight excluding hydrogens is 290 g/mol. The highest BCUT2D eigenvalue weighted by molar-refractivity contribution is 7.89. The standard InChI is InChI=1S/C14H25N3O3S/c1-9-12(10(2)20-15-9)21(18,19)16-11-7-13(3,4)17-14(5,6)8-11/h11,16-17H,7-8H2,1-6H3. The molecule has 1 saturated heterocycles. The molecule has 2 N–H and O–H groups in total. The summed E-state index contributed by atoms with van der Waals surface area (Å²) in [7, 11) is -3.61. The van der Waals surface area contributed by atoms with Crippen LogP contribution in [0, 0.1) is 13.8 Å². The molecule has 0 radical (unpaired) electrons. The number of piperidine rings is 1. The van der Waals surface area contributed by atoms with Crippen molar-refractivity contribution in [2.24, 2.45) is 0 Å². The second-order valence-electron chi connectivity index (χ2n) is 7.27. The normalized spacial score (nSPS) is 22.4. The number of nitrogens with one attached hydrogen (secondary N) is 2. The molecule has 1 fully saturated rings. The number of sulfonamides is 1. The maximum Gasteiger partial charge on any atom is 0.246 e. The van der Waals surface area contributed by atoms with E-state index in [1.165, 1.54) is 0 Å².